The molecule has 0 atom stereocenters. The van der Waals surface area contributed by atoms with Gasteiger partial charge in [-0.1, -0.05) is 12.1 Å². The number of amides is 1. The molecule has 1 aromatic heterocycles. The van der Waals surface area contributed by atoms with Crippen molar-refractivity contribution in [3.05, 3.63) is 78.0 Å². The average Bonchev–Trinajstić information content (AvgIpc) is 2.77. The summed E-state index contributed by atoms with van der Waals surface area (Å²) in [6.45, 7) is -0.575. The quantitative estimate of drug-likeness (QED) is 0.515. The van der Waals surface area contributed by atoms with Crippen molar-refractivity contribution in [2.45, 2.75) is 6.18 Å². The fourth-order valence-corrected chi connectivity index (χ4v) is 2.69. The van der Waals surface area contributed by atoms with Gasteiger partial charge in [-0.25, -0.2) is 9.78 Å². The third-order valence-corrected chi connectivity index (χ3v) is 4.17. The van der Waals surface area contributed by atoms with Gasteiger partial charge in [0.05, 0.1) is 12.7 Å². The molecule has 32 heavy (non-hydrogen) atoms. The van der Waals surface area contributed by atoms with E-state index in [9.17, 15) is 22.8 Å². The molecule has 0 radical (unpaired) electrons. The molecule has 3 aromatic rings. The summed E-state index contributed by atoms with van der Waals surface area (Å²) in [6, 6.07) is 13.9. The first-order valence-corrected chi connectivity index (χ1v) is 9.26. The highest BCUT2D eigenvalue weighted by molar-refractivity contribution is 5.98. The van der Waals surface area contributed by atoms with Crippen LogP contribution in [-0.4, -0.2) is 30.6 Å². The van der Waals surface area contributed by atoms with Crippen LogP contribution in [0, 0.1) is 0 Å². The summed E-state index contributed by atoms with van der Waals surface area (Å²) < 4.78 is 48.9. The Hall–Kier alpha value is -4.08. The SMILES string of the molecule is COc1cccc(NC(=O)COC(=O)c2cccnc2Nc2cccc(C(F)(F)F)c2)c1. The lowest BCUT2D eigenvalue weighted by atomic mass is 10.2. The monoisotopic (exact) mass is 445 g/mol. The third-order valence-electron chi connectivity index (χ3n) is 4.17. The van der Waals surface area contributed by atoms with Gasteiger partial charge in [0.1, 0.15) is 17.1 Å². The van der Waals surface area contributed by atoms with E-state index in [2.05, 4.69) is 15.6 Å². The lowest BCUT2D eigenvalue weighted by Gasteiger charge is -2.13. The Balaban J connectivity index is 1.66. The molecule has 2 N–H and O–H groups in total. The molecule has 1 amide bonds. The number of alkyl halides is 3. The van der Waals surface area contributed by atoms with E-state index in [-0.39, 0.29) is 17.1 Å². The average molecular weight is 445 g/mol. The van der Waals surface area contributed by atoms with E-state index in [1.165, 1.54) is 37.6 Å². The van der Waals surface area contributed by atoms with Crippen LogP contribution in [0.2, 0.25) is 0 Å². The first-order chi connectivity index (χ1) is 15.3. The molecule has 0 saturated carbocycles. The molecule has 0 aliphatic rings. The number of nitrogens with zero attached hydrogens (tertiary/aromatic N) is 1. The summed E-state index contributed by atoms with van der Waals surface area (Å²) in [5, 5.41) is 5.24. The van der Waals surface area contributed by atoms with Gasteiger partial charge in [0.25, 0.3) is 5.91 Å². The molecule has 0 unspecified atom stereocenters. The fraction of sp³-hybridized carbons (Fsp3) is 0.136. The highest BCUT2D eigenvalue weighted by Crippen LogP contribution is 2.31. The van der Waals surface area contributed by atoms with E-state index >= 15 is 0 Å². The Morgan fingerprint density at radius 3 is 2.50 bits per heavy atom. The second-order valence-corrected chi connectivity index (χ2v) is 6.46. The molecule has 3 rings (SSSR count). The van der Waals surface area contributed by atoms with Crippen LogP contribution in [0.25, 0.3) is 0 Å². The Kier molecular flexibility index (Phi) is 6.93. The number of hydrogen-bond donors (Lipinski definition) is 2. The molecule has 0 spiro atoms. The van der Waals surface area contributed by atoms with Crippen molar-refractivity contribution in [2.75, 3.05) is 24.4 Å². The maximum atomic E-state index is 12.9. The molecule has 1 heterocycles. The minimum atomic E-state index is -4.51. The zero-order valence-electron chi connectivity index (χ0n) is 16.8. The largest absolute Gasteiger partial charge is 0.497 e. The number of benzene rings is 2. The van der Waals surface area contributed by atoms with Crippen LogP contribution >= 0.6 is 0 Å². The maximum absolute atomic E-state index is 12.9. The molecule has 0 fully saturated rings. The Labute approximate surface area is 181 Å². The standard InChI is InChI=1S/C22H18F3N3O4/c1-31-17-8-3-7-16(12-17)27-19(29)13-32-21(30)18-9-4-10-26-20(18)28-15-6-2-5-14(11-15)22(23,24)25/h2-12H,13H2,1H3,(H,26,28)(H,27,29). The normalized spacial score (nSPS) is 10.9. The second kappa shape index (κ2) is 9.82. The topological polar surface area (TPSA) is 89.5 Å². The van der Waals surface area contributed by atoms with Crippen molar-refractivity contribution < 1.29 is 32.2 Å². The second-order valence-electron chi connectivity index (χ2n) is 6.46. The number of nitrogens with one attached hydrogen (secondary N) is 2. The number of ether oxygens (including phenoxy) is 2. The van der Waals surface area contributed by atoms with Crippen LogP contribution in [0.3, 0.4) is 0 Å². The third kappa shape index (κ3) is 5.97. The number of methoxy groups -OCH3 is 1. The lowest BCUT2D eigenvalue weighted by molar-refractivity contribution is -0.137. The summed E-state index contributed by atoms with van der Waals surface area (Å²) >= 11 is 0. The molecule has 10 heteroatoms. The molecular formula is C22H18F3N3O4. The number of hydrogen-bond acceptors (Lipinski definition) is 6. The highest BCUT2D eigenvalue weighted by Gasteiger charge is 2.30. The molecular weight excluding hydrogens is 427 g/mol. The van der Waals surface area contributed by atoms with E-state index in [1.807, 2.05) is 0 Å². The number of carbonyl (C=O) groups is 2. The number of pyridine rings is 1. The molecule has 166 valence electrons. The minimum Gasteiger partial charge on any atom is -0.497 e. The summed E-state index contributed by atoms with van der Waals surface area (Å²) in [7, 11) is 1.49. The van der Waals surface area contributed by atoms with Gasteiger partial charge in [0, 0.05) is 23.6 Å². The summed E-state index contributed by atoms with van der Waals surface area (Å²) in [6.07, 6.45) is -3.15. The fourth-order valence-electron chi connectivity index (χ4n) is 2.69. The number of halogens is 3. The van der Waals surface area contributed by atoms with E-state index < -0.39 is 30.2 Å². The van der Waals surface area contributed by atoms with Crippen molar-refractivity contribution in [3.8, 4) is 5.75 Å². The van der Waals surface area contributed by atoms with Gasteiger partial charge in [-0.3, -0.25) is 4.79 Å². The highest BCUT2D eigenvalue weighted by atomic mass is 19.4. The molecule has 0 saturated heterocycles. The van der Waals surface area contributed by atoms with Crippen LogP contribution in [0.4, 0.5) is 30.4 Å². The number of esters is 1. The van der Waals surface area contributed by atoms with Crippen molar-refractivity contribution in [2.24, 2.45) is 0 Å². The first kappa shape index (κ1) is 22.6. The van der Waals surface area contributed by atoms with Gasteiger partial charge in [-0.2, -0.15) is 13.2 Å². The van der Waals surface area contributed by atoms with Gasteiger partial charge >= 0.3 is 12.1 Å². The smallest absolute Gasteiger partial charge is 0.416 e. The summed E-state index contributed by atoms with van der Waals surface area (Å²) in [4.78, 5) is 28.5. The minimum absolute atomic E-state index is 0.00923. The van der Waals surface area contributed by atoms with Crippen molar-refractivity contribution in [1.29, 1.82) is 0 Å². The number of anilines is 3. The Morgan fingerprint density at radius 1 is 1.00 bits per heavy atom. The van der Waals surface area contributed by atoms with Crippen LogP contribution in [0.1, 0.15) is 15.9 Å². The van der Waals surface area contributed by atoms with Crippen LogP contribution in [0.15, 0.2) is 66.9 Å². The summed E-state index contributed by atoms with van der Waals surface area (Å²) in [5.74, 6) is -0.915. The van der Waals surface area contributed by atoms with Crippen LogP contribution in [-0.2, 0) is 15.7 Å². The Bertz CT molecular complexity index is 1120. The van der Waals surface area contributed by atoms with Gasteiger partial charge in [-0.05, 0) is 42.5 Å². The molecule has 0 aliphatic heterocycles. The predicted octanol–water partition coefficient (Wildman–Crippen LogP) is 4.65. The predicted molar refractivity (Wildman–Crippen MR) is 111 cm³/mol. The van der Waals surface area contributed by atoms with E-state index in [4.69, 9.17) is 9.47 Å². The van der Waals surface area contributed by atoms with E-state index in [0.29, 0.717) is 11.4 Å². The molecule has 2 aromatic carbocycles. The number of carbonyl (C=O) groups excluding carboxylic acids is 2. The zero-order chi connectivity index (χ0) is 23.1. The van der Waals surface area contributed by atoms with Crippen molar-refractivity contribution in [1.82, 2.24) is 4.98 Å². The summed E-state index contributed by atoms with van der Waals surface area (Å²) in [5.41, 5.74) is -0.349. The van der Waals surface area contributed by atoms with E-state index in [0.717, 1.165) is 12.1 Å². The van der Waals surface area contributed by atoms with Gasteiger partial charge in [0.15, 0.2) is 6.61 Å². The number of rotatable bonds is 7. The van der Waals surface area contributed by atoms with Crippen LogP contribution in [0.5, 0.6) is 5.75 Å². The van der Waals surface area contributed by atoms with Gasteiger partial charge in [-0.15, -0.1) is 0 Å². The van der Waals surface area contributed by atoms with Crippen molar-refractivity contribution >= 4 is 29.1 Å². The van der Waals surface area contributed by atoms with Gasteiger partial charge in [0.2, 0.25) is 0 Å². The Morgan fingerprint density at radius 2 is 1.75 bits per heavy atom. The number of aromatic nitrogens is 1. The van der Waals surface area contributed by atoms with E-state index in [1.54, 1.807) is 24.3 Å². The van der Waals surface area contributed by atoms with Crippen molar-refractivity contribution in [3.63, 3.8) is 0 Å². The molecule has 0 bridgehead atoms. The molecule has 7 nitrogen and oxygen atoms in total. The first-order valence-electron chi connectivity index (χ1n) is 9.26. The molecule has 0 aliphatic carbocycles. The van der Waals surface area contributed by atoms with Crippen LogP contribution < -0.4 is 15.4 Å². The lowest BCUT2D eigenvalue weighted by Crippen LogP contribution is -2.21. The maximum Gasteiger partial charge on any atom is 0.416 e. The zero-order valence-corrected chi connectivity index (χ0v) is 16.8. The van der Waals surface area contributed by atoms with Gasteiger partial charge < -0.3 is 20.1 Å².